The van der Waals surface area contributed by atoms with Gasteiger partial charge in [-0.2, -0.15) is 0 Å². The maximum absolute atomic E-state index is 4.33. The van der Waals surface area contributed by atoms with Gasteiger partial charge < -0.3 is 20.4 Å². The topological polar surface area (TPSA) is 42.9 Å². The second-order valence-electron chi connectivity index (χ2n) is 6.12. The molecule has 5 nitrogen and oxygen atoms in total. The van der Waals surface area contributed by atoms with Crippen molar-refractivity contribution in [3.8, 4) is 0 Å². The summed E-state index contributed by atoms with van der Waals surface area (Å²) < 4.78 is 0. The third-order valence-electron chi connectivity index (χ3n) is 4.45. The second kappa shape index (κ2) is 8.47. The fraction of sp³-hybridized carbons (Fsp3) is 0.933. The molecule has 0 radical (unpaired) electrons. The van der Waals surface area contributed by atoms with Gasteiger partial charge in [0.2, 0.25) is 0 Å². The first-order valence-corrected chi connectivity index (χ1v) is 8.16. The summed E-state index contributed by atoms with van der Waals surface area (Å²) in [7, 11) is 4.08. The highest BCUT2D eigenvalue weighted by Crippen LogP contribution is 2.17. The zero-order valence-electron chi connectivity index (χ0n) is 13.2. The molecule has 0 amide bonds. The average Bonchev–Trinajstić information content (AvgIpc) is 2.87. The lowest BCUT2D eigenvalue weighted by Gasteiger charge is -2.22. The predicted octanol–water partition coefficient (Wildman–Crippen LogP) is 0.732. The molecule has 1 aliphatic carbocycles. The predicted molar refractivity (Wildman–Crippen MR) is 85.3 cm³/mol. The first kappa shape index (κ1) is 15.6. The highest BCUT2D eigenvalue weighted by Gasteiger charge is 2.16. The molecular weight excluding hydrogens is 250 g/mol. The van der Waals surface area contributed by atoms with Gasteiger partial charge in [-0.1, -0.05) is 12.8 Å². The number of guanidine groups is 1. The van der Waals surface area contributed by atoms with Crippen LogP contribution in [0.5, 0.6) is 0 Å². The Morgan fingerprint density at radius 1 is 1.10 bits per heavy atom. The van der Waals surface area contributed by atoms with E-state index in [0.717, 1.165) is 19.0 Å². The minimum absolute atomic E-state index is 0.632. The Labute approximate surface area is 123 Å². The van der Waals surface area contributed by atoms with Crippen molar-refractivity contribution in [1.82, 2.24) is 20.4 Å². The normalized spacial score (nSPS) is 23.8. The highest BCUT2D eigenvalue weighted by molar-refractivity contribution is 5.79. The van der Waals surface area contributed by atoms with Crippen molar-refractivity contribution < 1.29 is 0 Å². The van der Waals surface area contributed by atoms with Gasteiger partial charge in [0.05, 0.1) is 0 Å². The monoisotopic (exact) mass is 281 g/mol. The number of hydrogen-bond donors (Lipinski definition) is 2. The van der Waals surface area contributed by atoms with Crippen molar-refractivity contribution in [2.24, 2.45) is 4.99 Å². The number of nitrogens with zero attached hydrogens (tertiary/aromatic N) is 3. The van der Waals surface area contributed by atoms with Crippen molar-refractivity contribution in [1.29, 1.82) is 0 Å². The van der Waals surface area contributed by atoms with Gasteiger partial charge in [0.25, 0.3) is 0 Å². The molecule has 0 unspecified atom stereocenters. The molecule has 1 saturated carbocycles. The summed E-state index contributed by atoms with van der Waals surface area (Å²) in [6, 6.07) is 0.632. The largest absolute Gasteiger partial charge is 0.355 e. The lowest BCUT2D eigenvalue weighted by Crippen LogP contribution is -2.45. The van der Waals surface area contributed by atoms with Gasteiger partial charge in [0, 0.05) is 39.3 Å². The average molecular weight is 281 g/mol. The molecule has 20 heavy (non-hydrogen) atoms. The number of rotatable bonds is 4. The molecule has 0 spiro atoms. The van der Waals surface area contributed by atoms with Gasteiger partial charge in [-0.3, -0.25) is 4.99 Å². The highest BCUT2D eigenvalue weighted by atomic mass is 15.2. The van der Waals surface area contributed by atoms with Gasteiger partial charge in [-0.05, 0) is 39.4 Å². The van der Waals surface area contributed by atoms with E-state index in [9.17, 15) is 0 Å². The smallest absolute Gasteiger partial charge is 0.191 e. The molecule has 0 atom stereocenters. The summed E-state index contributed by atoms with van der Waals surface area (Å²) in [4.78, 5) is 9.31. The van der Waals surface area contributed by atoms with E-state index in [0.29, 0.717) is 6.04 Å². The zero-order chi connectivity index (χ0) is 14.2. The minimum atomic E-state index is 0.632. The van der Waals surface area contributed by atoms with Gasteiger partial charge in [-0.15, -0.1) is 0 Å². The van der Waals surface area contributed by atoms with Gasteiger partial charge >= 0.3 is 0 Å². The summed E-state index contributed by atoms with van der Waals surface area (Å²) >= 11 is 0. The third kappa shape index (κ3) is 5.29. The Bertz CT molecular complexity index is 299. The van der Waals surface area contributed by atoms with Gasteiger partial charge in [0.1, 0.15) is 0 Å². The van der Waals surface area contributed by atoms with Crippen LogP contribution in [0.25, 0.3) is 0 Å². The van der Waals surface area contributed by atoms with E-state index in [-0.39, 0.29) is 0 Å². The van der Waals surface area contributed by atoms with Crippen molar-refractivity contribution in [2.45, 2.75) is 38.1 Å². The van der Waals surface area contributed by atoms with Crippen LogP contribution in [0.3, 0.4) is 0 Å². The summed E-state index contributed by atoms with van der Waals surface area (Å²) in [5.41, 5.74) is 0. The molecule has 0 bridgehead atoms. The van der Waals surface area contributed by atoms with E-state index in [4.69, 9.17) is 0 Å². The van der Waals surface area contributed by atoms with E-state index >= 15 is 0 Å². The van der Waals surface area contributed by atoms with Crippen molar-refractivity contribution in [3.05, 3.63) is 0 Å². The molecule has 0 aromatic heterocycles. The summed E-state index contributed by atoms with van der Waals surface area (Å²) in [6.45, 7) is 6.92. The van der Waals surface area contributed by atoms with Crippen LogP contribution in [0.4, 0.5) is 0 Å². The van der Waals surface area contributed by atoms with E-state index in [2.05, 4.69) is 32.5 Å². The van der Waals surface area contributed by atoms with Gasteiger partial charge in [0.15, 0.2) is 5.96 Å². The molecule has 2 fully saturated rings. The fourth-order valence-electron chi connectivity index (χ4n) is 3.11. The molecule has 116 valence electrons. The standard InChI is InChI=1S/C15H31N5/c1-16-15(18-14-6-3-4-7-14)17-8-11-20-10-5-9-19(2)12-13-20/h14H,3-13H2,1-2H3,(H2,16,17,18). The van der Waals surface area contributed by atoms with Crippen LogP contribution in [0.2, 0.25) is 0 Å². The van der Waals surface area contributed by atoms with Crippen LogP contribution in [0.15, 0.2) is 4.99 Å². The van der Waals surface area contributed by atoms with Crippen molar-refractivity contribution in [3.63, 3.8) is 0 Å². The van der Waals surface area contributed by atoms with Crippen LogP contribution in [0.1, 0.15) is 32.1 Å². The van der Waals surface area contributed by atoms with Crippen molar-refractivity contribution in [2.75, 3.05) is 53.4 Å². The Kier molecular flexibility index (Phi) is 6.60. The lowest BCUT2D eigenvalue weighted by atomic mass is 10.2. The molecule has 0 aromatic rings. The summed E-state index contributed by atoms with van der Waals surface area (Å²) in [6.07, 6.45) is 6.58. The molecule has 1 aliphatic heterocycles. The summed E-state index contributed by atoms with van der Waals surface area (Å²) in [5.74, 6) is 0.976. The minimum Gasteiger partial charge on any atom is -0.355 e. The third-order valence-corrected chi connectivity index (χ3v) is 4.45. The molecule has 1 heterocycles. The van der Waals surface area contributed by atoms with Crippen LogP contribution in [-0.4, -0.2) is 75.2 Å². The maximum Gasteiger partial charge on any atom is 0.191 e. The van der Waals surface area contributed by atoms with Crippen molar-refractivity contribution >= 4 is 5.96 Å². The first-order chi connectivity index (χ1) is 9.78. The molecular formula is C15H31N5. The Morgan fingerprint density at radius 3 is 2.65 bits per heavy atom. The summed E-state index contributed by atoms with van der Waals surface area (Å²) in [5, 5.41) is 6.99. The lowest BCUT2D eigenvalue weighted by molar-refractivity contribution is 0.279. The van der Waals surface area contributed by atoms with Crippen LogP contribution >= 0.6 is 0 Å². The molecule has 2 N–H and O–H groups in total. The number of likely N-dealkylation sites (N-methyl/N-ethyl adjacent to an activating group) is 1. The van der Waals surface area contributed by atoms with E-state index in [1.807, 2.05) is 7.05 Å². The van der Waals surface area contributed by atoms with E-state index in [1.54, 1.807) is 0 Å². The van der Waals surface area contributed by atoms with Crippen LogP contribution in [-0.2, 0) is 0 Å². The van der Waals surface area contributed by atoms with Crippen LogP contribution < -0.4 is 10.6 Å². The number of aliphatic imine (C=N–C) groups is 1. The number of hydrogen-bond acceptors (Lipinski definition) is 3. The zero-order valence-corrected chi connectivity index (χ0v) is 13.2. The molecule has 2 aliphatic rings. The quantitative estimate of drug-likeness (QED) is 0.589. The second-order valence-corrected chi connectivity index (χ2v) is 6.12. The first-order valence-electron chi connectivity index (χ1n) is 8.16. The van der Waals surface area contributed by atoms with E-state index in [1.165, 1.54) is 58.3 Å². The Balaban J connectivity index is 1.63. The Hall–Kier alpha value is -0.810. The molecule has 1 saturated heterocycles. The molecule has 2 rings (SSSR count). The van der Waals surface area contributed by atoms with E-state index < -0.39 is 0 Å². The van der Waals surface area contributed by atoms with Gasteiger partial charge in [-0.25, -0.2) is 0 Å². The fourth-order valence-corrected chi connectivity index (χ4v) is 3.11. The maximum atomic E-state index is 4.33. The SMILES string of the molecule is CN=C(NCCN1CCCN(C)CC1)NC1CCCC1. The molecule has 5 heteroatoms. The number of nitrogens with one attached hydrogen (secondary N) is 2. The Morgan fingerprint density at radius 2 is 1.90 bits per heavy atom. The molecule has 0 aromatic carbocycles. The van der Waals surface area contributed by atoms with Crippen LogP contribution in [0, 0.1) is 0 Å².